The maximum atomic E-state index is 14.0. The lowest BCUT2D eigenvalue weighted by atomic mass is 9.94. The van der Waals surface area contributed by atoms with E-state index in [1.165, 1.54) is 0 Å². The molecule has 46 heavy (non-hydrogen) atoms. The number of sulfonamides is 1. The molecule has 1 atom stereocenters. The van der Waals surface area contributed by atoms with Crippen LogP contribution in [-0.4, -0.2) is 60.6 Å². The highest BCUT2D eigenvalue weighted by molar-refractivity contribution is 7.89. The molecule has 5 N–H and O–H groups in total. The molecule has 244 valence electrons. The number of fused-ring (bicyclic) bond motifs is 4. The van der Waals surface area contributed by atoms with Crippen LogP contribution in [0.15, 0.2) is 53.4 Å². The van der Waals surface area contributed by atoms with Gasteiger partial charge in [-0.25, -0.2) is 22.3 Å². The monoisotopic (exact) mass is 648 g/mol. The van der Waals surface area contributed by atoms with Crippen molar-refractivity contribution in [3.63, 3.8) is 0 Å². The molecule has 1 aliphatic heterocycles. The molecule has 1 heterocycles. The minimum absolute atomic E-state index is 0.00239. The molecule has 2 aliphatic rings. The fraction of sp³-hybridized carbons (Fsp3) is 0.382. The van der Waals surface area contributed by atoms with Crippen LogP contribution >= 0.6 is 0 Å². The lowest BCUT2D eigenvalue weighted by molar-refractivity contribution is -0.139. The van der Waals surface area contributed by atoms with Gasteiger partial charge in [0.25, 0.3) is 10.0 Å². The number of carbonyl (C=O) groups is 2. The van der Waals surface area contributed by atoms with Gasteiger partial charge in [0.1, 0.15) is 24.0 Å². The summed E-state index contributed by atoms with van der Waals surface area (Å²) in [6.07, 6.45) is -0.491. The summed E-state index contributed by atoms with van der Waals surface area (Å²) in [6, 6.07) is 14.4. The highest BCUT2D eigenvalue weighted by atomic mass is 32.2. The molecule has 0 spiro atoms. The first kappa shape index (κ1) is 32.8. The Bertz CT molecular complexity index is 1790. The van der Waals surface area contributed by atoms with E-state index < -0.39 is 39.7 Å². The Hall–Kier alpha value is -4.58. The summed E-state index contributed by atoms with van der Waals surface area (Å²) < 4.78 is 40.3. The largest absolute Gasteiger partial charge is 0.487 e. The van der Waals surface area contributed by atoms with Crippen molar-refractivity contribution < 1.29 is 32.6 Å². The van der Waals surface area contributed by atoms with Crippen molar-refractivity contribution in [3.8, 4) is 16.9 Å². The molecule has 0 aromatic heterocycles. The molecule has 0 saturated heterocycles. The average Bonchev–Trinajstić information content (AvgIpc) is 3.50. The second kappa shape index (κ2) is 12.3. The SMILES string of the molecule is Cc1c(C)c(S(=O)(=O)N(CCC[C@H](NC(=O)OCC2c3ccccc3-c3ccccc32)C(=O)O)C(=N)N)c(C)c2c1OC(C)(C)C2. The van der Waals surface area contributed by atoms with E-state index in [9.17, 15) is 23.1 Å². The molecule has 0 bridgehead atoms. The summed E-state index contributed by atoms with van der Waals surface area (Å²) in [5.41, 5.74) is 12.0. The predicted octanol–water partition coefficient (Wildman–Crippen LogP) is 4.98. The van der Waals surface area contributed by atoms with Crippen molar-refractivity contribution in [1.29, 1.82) is 5.41 Å². The molecule has 11 nitrogen and oxygen atoms in total. The van der Waals surface area contributed by atoms with Gasteiger partial charge < -0.3 is 25.6 Å². The van der Waals surface area contributed by atoms with Gasteiger partial charge in [-0.3, -0.25) is 5.41 Å². The molecular weight excluding hydrogens is 608 g/mol. The first-order valence-electron chi connectivity index (χ1n) is 15.2. The Labute approximate surface area is 269 Å². The van der Waals surface area contributed by atoms with Gasteiger partial charge in [0.05, 0.1) is 4.90 Å². The molecule has 5 rings (SSSR count). The fourth-order valence-corrected chi connectivity index (χ4v) is 8.49. The second-order valence-corrected chi connectivity index (χ2v) is 14.3. The molecule has 1 amide bonds. The second-order valence-electron chi connectivity index (χ2n) is 12.5. The van der Waals surface area contributed by atoms with Crippen molar-refractivity contribution in [2.75, 3.05) is 13.2 Å². The summed E-state index contributed by atoms with van der Waals surface area (Å²) in [5, 5.41) is 20.3. The van der Waals surface area contributed by atoms with Crippen LogP contribution in [0.5, 0.6) is 5.75 Å². The number of nitrogens with two attached hydrogens (primary N) is 1. The third kappa shape index (κ3) is 6.01. The number of hydrogen-bond donors (Lipinski definition) is 4. The van der Waals surface area contributed by atoms with E-state index in [1.54, 1.807) is 20.8 Å². The third-order valence-electron chi connectivity index (χ3n) is 8.90. The number of ether oxygens (including phenoxy) is 2. The number of guanidine groups is 1. The zero-order chi connectivity index (χ0) is 33.6. The summed E-state index contributed by atoms with van der Waals surface area (Å²) in [7, 11) is -4.28. The average molecular weight is 649 g/mol. The van der Waals surface area contributed by atoms with Gasteiger partial charge in [-0.05, 0) is 86.4 Å². The first-order chi connectivity index (χ1) is 21.6. The molecule has 1 aliphatic carbocycles. The number of alkyl carbamates (subject to hydrolysis) is 1. The van der Waals surface area contributed by atoms with E-state index in [4.69, 9.17) is 20.6 Å². The highest BCUT2D eigenvalue weighted by Crippen LogP contribution is 2.45. The summed E-state index contributed by atoms with van der Waals surface area (Å²) in [6.45, 7) is 8.85. The maximum Gasteiger partial charge on any atom is 0.407 e. The van der Waals surface area contributed by atoms with Crippen LogP contribution in [0.25, 0.3) is 11.1 Å². The topological polar surface area (TPSA) is 172 Å². The maximum absolute atomic E-state index is 14.0. The Morgan fingerprint density at radius 2 is 1.65 bits per heavy atom. The Morgan fingerprint density at radius 1 is 1.07 bits per heavy atom. The van der Waals surface area contributed by atoms with Gasteiger partial charge >= 0.3 is 12.1 Å². The van der Waals surface area contributed by atoms with Crippen molar-refractivity contribution in [1.82, 2.24) is 9.62 Å². The zero-order valence-electron chi connectivity index (χ0n) is 26.6. The Morgan fingerprint density at radius 3 is 2.22 bits per heavy atom. The number of nitrogens with one attached hydrogen (secondary N) is 2. The van der Waals surface area contributed by atoms with E-state index in [2.05, 4.69) is 5.32 Å². The molecule has 3 aromatic carbocycles. The van der Waals surface area contributed by atoms with E-state index in [0.717, 1.165) is 32.1 Å². The van der Waals surface area contributed by atoms with Crippen LogP contribution < -0.4 is 15.8 Å². The van der Waals surface area contributed by atoms with E-state index in [1.807, 2.05) is 62.4 Å². The van der Waals surface area contributed by atoms with Crippen molar-refractivity contribution in [2.24, 2.45) is 5.73 Å². The van der Waals surface area contributed by atoms with Crippen molar-refractivity contribution >= 4 is 28.0 Å². The Balaban J connectivity index is 1.25. The number of benzene rings is 3. The lowest BCUT2D eigenvalue weighted by Gasteiger charge is -2.26. The molecule has 3 aromatic rings. The fourth-order valence-electron chi connectivity index (χ4n) is 6.59. The van der Waals surface area contributed by atoms with Crippen LogP contribution in [0.3, 0.4) is 0 Å². The van der Waals surface area contributed by atoms with Crippen LogP contribution in [0.1, 0.15) is 66.0 Å². The van der Waals surface area contributed by atoms with Crippen LogP contribution in [0.2, 0.25) is 0 Å². The van der Waals surface area contributed by atoms with Gasteiger partial charge in [0, 0.05) is 24.4 Å². The van der Waals surface area contributed by atoms with E-state index >= 15 is 0 Å². The molecule has 0 saturated carbocycles. The molecule has 12 heteroatoms. The minimum atomic E-state index is -4.28. The number of hydrogen-bond acceptors (Lipinski definition) is 7. The van der Waals surface area contributed by atoms with Crippen molar-refractivity contribution in [3.05, 3.63) is 81.9 Å². The highest BCUT2D eigenvalue weighted by Gasteiger charge is 2.38. The molecule has 0 fully saturated rings. The first-order valence-corrected chi connectivity index (χ1v) is 16.6. The normalized spacial score (nSPS) is 15.2. The summed E-state index contributed by atoms with van der Waals surface area (Å²) in [5.74, 6) is -1.50. The molecule has 0 unspecified atom stereocenters. The molecular formula is C34H40N4O7S. The summed E-state index contributed by atoms with van der Waals surface area (Å²) in [4.78, 5) is 24.9. The number of amides is 1. The van der Waals surface area contributed by atoms with Crippen LogP contribution in [-0.2, 0) is 26.0 Å². The number of aliphatic carboxylic acids is 1. The Kier molecular flexibility index (Phi) is 8.78. The van der Waals surface area contributed by atoms with Crippen molar-refractivity contribution in [2.45, 2.75) is 76.3 Å². The smallest absolute Gasteiger partial charge is 0.407 e. The van der Waals surface area contributed by atoms with Gasteiger partial charge in [0.15, 0.2) is 0 Å². The number of nitrogens with zero attached hydrogens (tertiary/aromatic N) is 1. The quantitative estimate of drug-likeness (QED) is 0.176. The minimum Gasteiger partial charge on any atom is -0.487 e. The summed E-state index contributed by atoms with van der Waals surface area (Å²) >= 11 is 0. The number of rotatable bonds is 10. The lowest BCUT2D eigenvalue weighted by Crippen LogP contribution is -2.44. The van der Waals surface area contributed by atoms with Crippen LogP contribution in [0, 0.1) is 26.2 Å². The molecule has 0 radical (unpaired) electrons. The van der Waals surface area contributed by atoms with Gasteiger partial charge in [-0.2, -0.15) is 0 Å². The standard InChI is InChI=1S/C34H40N4O7S/c1-19-20(2)30(21(3)26-17-34(4,5)45-29(19)26)46(42,43)38(32(35)36)16-10-15-28(31(39)40)37-33(41)44-18-27-24-13-8-6-11-22(24)23-12-7-9-14-25(23)27/h6-9,11-14,27-28H,10,15-18H2,1-5H3,(H3,35,36)(H,37,41)(H,39,40)/t28-/m0/s1. The van der Waals surface area contributed by atoms with E-state index in [-0.39, 0.29) is 36.8 Å². The predicted molar refractivity (Wildman–Crippen MR) is 174 cm³/mol. The van der Waals surface area contributed by atoms with Gasteiger partial charge in [-0.15, -0.1) is 0 Å². The zero-order valence-corrected chi connectivity index (χ0v) is 27.5. The van der Waals surface area contributed by atoms with E-state index in [0.29, 0.717) is 28.9 Å². The number of carbonyl (C=O) groups excluding carboxylic acids is 1. The number of carboxylic acids is 1. The third-order valence-corrected chi connectivity index (χ3v) is 11.0. The van der Waals surface area contributed by atoms with Crippen LogP contribution in [0.4, 0.5) is 4.79 Å². The number of carboxylic acid groups (broad SMARTS) is 1. The van der Waals surface area contributed by atoms with Gasteiger partial charge in [-0.1, -0.05) is 48.5 Å². The van der Waals surface area contributed by atoms with Gasteiger partial charge in [0.2, 0.25) is 5.96 Å².